The van der Waals surface area contributed by atoms with Gasteiger partial charge in [0.1, 0.15) is 0 Å². The largest absolute Gasteiger partial charge is 0.412 e. The molecule has 0 saturated heterocycles. The van der Waals surface area contributed by atoms with Crippen LogP contribution in [0.2, 0.25) is 0 Å². The maximum Gasteiger partial charge on any atom is 0.316 e. The zero-order valence-electron chi connectivity index (χ0n) is 6.05. The van der Waals surface area contributed by atoms with Crippen molar-refractivity contribution < 1.29 is 72.7 Å². The van der Waals surface area contributed by atoms with Crippen molar-refractivity contribution in [1.82, 2.24) is 0 Å². The molecule has 100 valence electrons. The van der Waals surface area contributed by atoms with Gasteiger partial charge >= 0.3 is 23.1 Å². The summed E-state index contributed by atoms with van der Waals surface area (Å²) in [6.07, 6.45) is 0. The highest BCUT2D eigenvalue weighted by molar-refractivity contribution is 5.75. The van der Waals surface area contributed by atoms with Crippen molar-refractivity contribution in [2.75, 3.05) is 0 Å². The second-order valence-electron chi connectivity index (χ2n) is 0.396. The van der Waals surface area contributed by atoms with E-state index in [1.165, 1.54) is 0 Å². The summed E-state index contributed by atoms with van der Waals surface area (Å²) in [5.41, 5.74) is 0. The summed E-state index contributed by atoms with van der Waals surface area (Å²) in [7, 11) is -4.69. The van der Waals surface area contributed by atoms with Crippen LogP contribution >= 0.6 is 0 Å². The van der Waals surface area contributed by atoms with Gasteiger partial charge in [-0.1, -0.05) is 0 Å². The van der Waals surface area contributed by atoms with Crippen LogP contribution in [0, 0.1) is 10.2 Å². The summed E-state index contributed by atoms with van der Waals surface area (Å²) in [6.45, 7) is 0. The Morgan fingerprint density at radius 3 is 0.571 bits per heavy atom. The third-order valence-corrected chi connectivity index (χ3v) is 0. The van der Waals surface area contributed by atoms with Crippen molar-refractivity contribution in [3.63, 3.8) is 0 Å². The quantitative estimate of drug-likeness (QED) is 0.418. The summed E-state index contributed by atoms with van der Waals surface area (Å²) >= 11 is 0. The first-order valence-corrected chi connectivity index (χ1v) is 1.90. The normalized spacial score (nSPS) is 4.29. The molecule has 14 heteroatoms. The van der Waals surface area contributed by atoms with Crippen LogP contribution in [-0.2, 0) is 0 Å². The molecule has 0 aromatic heterocycles. The maximum atomic E-state index is 8.60. The van der Waals surface area contributed by atoms with Crippen molar-refractivity contribution in [3.05, 3.63) is 0 Å². The minimum Gasteiger partial charge on any atom is -0.412 e. The van der Waals surface area contributed by atoms with Crippen molar-refractivity contribution in [2.24, 2.45) is 0 Å². The fourth-order valence-electron chi connectivity index (χ4n) is 0. The fourth-order valence-corrected chi connectivity index (χ4v) is 0. The van der Waals surface area contributed by atoms with Crippen LogP contribution in [0.3, 0.4) is 0 Å². The van der Waals surface area contributed by atoms with Crippen molar-refractivity contribution in [3.8, 4) is 0 Å². The van der Waals surface area contributed by atoms with E-state index in [0.717, 1.165) is 0 Å². The van der Waals surface area contributed by atoms with Crippen LogP contribution in [0.15, 0.2) is 0 Å². The molecule has 0 aromatic carbocycles. The van der Waals surface area contributed by atoms with Gasteiger partial charge in [-0.25, -0.2) is 0 Å². The minimum absolute atomic E-state index is 0. The van der Waals surface area contributed by atoms with E-state index in [2.05, 4.69) is 0 Å². The Balaban J connectivity index is -0.00000000222. The average molecular weight is 271 g/mol. The topological polar surface area (TPSA) is 341 Å². The smallest absolute Gasteiger partial charge is 0.316 e. The number of rotatable bonds is 0. The van der Waals surface area contributed by atoms with E-state index < -0.39 is 10.2 Å². The summed E-state index contributed by atoms with van der Waals surface area (Å²) in [5.74, 6) is 0. The molecule has 0 heterocycles. The Bertz CT molecular complexity index is 25.8. The zero-order chi connectivity index (χ0) is 4.50. The van der Waals surface area contributed by atoms with Gasteiger partial charge in [0.15, 0.2) is 0 Å². The maximum absolute atomic E-state index is 8.60. The predicted octanol–water partition coefficient (Wildman–Crippen LogP) is -11.6. The SMILES string of the molecule is O.O.O.O.O.O.O.O.[MgH2].[O-][Cl+3]([O-])([O-])O. The Morgan fingerprint density at radius 2 is 0.571 bits per heavy atom. The standard InChI is InChI=1S/ClHO4.Mg.8H2O.2H/c2-1(3,4)5;;;;;;;;;;;/h(H,2,3,4,5);;8*1H2;;. The van der Waals surface area contributed by atoms with Gasteiger partial charge in [-0.05, 0) is 0 Å². The van der Waals surface area contributed by atoms with E-state index in [1.807, 2.05) is 0 Å². The average Bonchev–Trinajstić information content (AvgIpc) is 0.722. The van der Waals surface area contributed by atoms with Crippen LogP contribution in [0.5, 0.6) is 0 Å². The van der Waals surface area contributed by atoms with Gasteiger partial charge in [0.25, 0.3) is 0 Å². The van der Waals surface area contributed by atoms with Gasteiger partial charge in [0, 0.05) is 0 Å². The van der Waals surface area contributed by atoms with Crippen LogP contribution in [0.25, 0.3) is 0 Å². The van der Waals surface area contributed by atoms with Gasteiger partial charge in [-0.15, -0.1) is 0 Å². The highest BCUT2D eigenvalue weighted by Gasteiger charge is 1.98. The third-order valence-electron chi connectivity index (χ3n) is 0. The number of hydrogen-bond donors (Lipinski definition) is 1. The zero-order valence-corrected chi connectivity index (χ0v) is 6.81. The molecule has 0 spiro atoms. The molecule has 0 amide bonds. The Hall–Kier alpha value is 0.576. The molecule has 0 aromatic rings. The summed E-state index contributed by atoms with van der Waals surface area (Å²) < 4.78 is 32.7. The molecule has 0 saturated carbocycles. The molecule has 0 aliphatic heterocycles. The van der Waals surface area contributed by atoms with Crippen LogP contribution in [-0.4, -0.2) is 71.5 Å². The van der Waals surface area contributed by atoms with E-state index >= 15 is 0 Å². The second kappa shape index (κ2) is 49.7. The Morgan fingerprint density at radius 1 is 0.571 bits per heavy atom. The first kappa shape index (κ1) is 128. The molecular formula is H19ClMgO12. The summed E-state index contributed by atoms with van der Waals surface area (Å²) in [6, 6.07) is 0. The van der Waals surface area contributed by atoms with Crippen molar-refractivity contribution >= 4 is 23.1 Å². The van der Waals surface area contributed by atoms with Crippen LogP contribution < -0.4 is 14.0 Å². The van der Waals surface area contributed by atoms with Crippen molar-refractivity contribution in [1.29, 1.82) is 0 Å². The summed E-state index contributed by atoms with van der Waals surface area (Å²) in [5, 5.41) is 0. The highest BCUT2D eigenvalue weighted by Crippen LogP contribution is 1.60. The lowest BCUT2D eigenvalue weighted by atomic mass is 15.8. The van der Waals surface area contributed by atoms with Gasteiger partial charge in [-0.2, -0.15) is 14.0 Å². The van der Waals surface area contributed by atoms with Gasteiger partial charge in [0.05, 0.1) is 14.9 Å². The van der Waals surface area contributed by atoms with E-state index in [1.54, 1.807) is 0 Å². The molecule has 17 N–H and O–H groups in total. The third kappa shape index (κ3) is 5080. The molecular weight excluding hydrogens is 252 g/mol. The molecule has 0 aliphatic carbocycles. The molecule has 0 rings (SSSR count). The van der Waals surface area contributed by atoms with Crippen molar-refractivity contribution in [2.45, 2.75) is 0 Å². The van der Waals surface area contributed by atoms with Gasteiger partial charge < -0.3 is 43.8 Å². The Labute approximate surface area is 96.1 Å². The highest BCUT2D eigenvalue weighted by atomic mass is 35.7. The van der Waals surface area contributed by atoms with Crippen LogP contribution in [0.4, 0.5) is 0 Å². The molecule has 0 bridgehead atoms. The lowest BCUT2D eigenvalue weighted by Crippen LogP contribution is -2.58. The predicted molar refractivity (Wildman–Crippen MR) is 39.7 cm³/mol. The first-order valence-electron chi connectivity index (χ1n) is 0.632. The molecule has 0 atom stereocenters. The molecule has 12 nitrogen and oxygen atoms in total. The van der Waals surface area contributed by atoms with E-state index in [0.29, 0.717) is 0 Å². The summed E-state index contributed by atoms with van der Waals surface area (Å²) in [4.78, 5) is 0. The van der Waals surface area contributed by atoms with Gasteiger partial charge in [0.2, 0.25) is 0 Å². The number of hydrogen-bond acceptors (Lipinski definition) is 4. The lowest BCUT2D eigenvalue weighted by molar-refractivity contribution is -1.92. The molecule has 14 heavy (non-hydrogen) atoms. The Kier molecular flexibility index (Phi) is 455. The fraction of sp³-hybridized carbons (Fsp3) is 0. The first-order chi connectivity index (χ1) is 2.00. The second-order valence-corrected chi connectivity index (χ2v) is 1.19. The molecule has 0 fully saturated rings. The lowest BCUT2D eigenvalue weighted by Gasteiger charge is -2.03. The van der Waals surface area contributed by atoms with Gasteiger partial charge in [-0.3, -0.25) is 0 Å². The molecule has 0 radical (unpaired) electrons. The van der Waals surface area contributed by atoms with E-state index in [4.69, 9.17) is 18.6 Å². The number of halogens is 1. The molecule has 0 aliphatic rings. The monoisotopic (exact) mass is 270 g/mol. The minimum atomic E-state index is -4.69. The van der Waals surface area contributed by atoms with E-state index in [-0.39, 0.29) is 66.9 Å². The molecule has 0 unspecified atom stereocenters. The van der Waals surface area contributed by atoms with E-state index in [9.17, 15) is 0 Å². The van der Waals surface area contributed by atoms with Crippen LogP contribution in [0.1, 0.15) is 0 Å².